The van der Waals surface area contributed by atoms with Crippen molar-refractivity contribution in [2.75, 3.05) is 50.1 Å². The summed E-state index contributed by atoms with van der Waals surface area (Å²) in [7, 11) is 3.77. The van der Waals surface area contributed by atoms with Gasteiger partial charge >= 0.3 is 0 Å². The lowest BCUT2D eigenvalue weighted by molar-refractivity contribution is -0.130. The van der Waals surface area contributed by atoms with Crippen molar-refractivity contribution in [1.82, 2.24) is 25.1 Å². The molecule has 0 spiro atoms. The molecule has 0 saturated carbocycles. The summed E-state index contributed by atoms with van der Waals surface area (Å²) in [6.07, 6.45) is 3.77. The maximum atomic E-state index is 12.5. The van der Waals surface area contributed by atoms with Gasteiger partial charge < -0.3 is 14.7 Å². The van der Waals surface area contributed by atoms with Crippen molar-refractivity contribution in [3.05, 3.63) is 35.8 Å². The van der Waals surface area contributed by atoms with Gasteiger partial charge in [0.15, 0.2) is 5.82 Å². The van der Waals surface area contributed by atoms with Gasteiger partial charge in [-0.25, -0.2) is 9.97 Å². The largest absolute Gasteiger partial charge is 0.352 e. The van der Waals surface area contributed by atoms with E-state index in [0.29, 0.717) is 25.5 Å². The smallest absolute Gasteiger partial charge is 0.227 e. The highest BCUT2D eigenvalue weighted by atomic mass is 16.2. The second-order valence-corrected chi connectivity index (χ2v) is 6.36. The fourth-order valence-corrected chi connectivity index (χ4v) is 2.70. The van der Waals surface area contributed by atoms with E-state index in [1.807, 2.05) is 43.0 Å². The van der Waals surface area contributed by atoms with Crippen molar-refractivity contribution >= 4 is 17.7 Å². The molecule has 0 atom stereocenters. The van der Waals surface area contributed by atoms with E-state index in [-0.39, 0.29) is 5.91 Å². The molecule has 0 aliphatic carbocycles. The summed E-state index contributed by atoms with van der Waals surface area (Å²) >= 11 is 0. The van der Waals surface area contributed by atoms with Gasteiger partial charge in [-0.1, -0.05) is 0 Å². The Bertz CT molecular complexity index is 707. The Hall–Kier alpha value is -2.77. The van der Waals surface area contributed by atoms with E-state index in [0.717, 1.165) is 30.2 Å². The highest BCUT2D eigenvalue weighted by Crippen LogP contribution is 2.13. The molecule has 8 nitrogen and oxygen atoms in total. The minimum Gasteiger partial charge on any atom is -0.352 e. The first-order valence-electron chi connectivity index (χ1n) is 8.34. The van der Waals surface area contributed by atoms with Crippen LogP contribution in [-0.2, 0) is 11.2 Å². The summed E-state index contributed by atoms with van der Waals surface area (Å²) in [6.45, 7) is 4.82. The molecule has 0 radical (unpaired) electrons. The van der Waals surface area contributed by atoms with Gasteiger partial charge in [0.1, 0.15) is 0 Å². The molecule has 1 aliphatic rings. The van der Waals surface area contributed by atoms with E-state index in [4.69, 9.17) is 0 Å². The number of aromatic nitrogens is 4. The third-order valence-electron chi connectivity index (χ3n) is 4.19. The molecule has 8 heteroatoms. The van der Waals surface area contributed by atoms with Crippen LogP contribution in [-0.4, -0.2) is 71.2 Å². The molecule has 2 aromatic rings. The molecule has 1 amide bonds. The average molecular weight is 341 g/mol. The summed E-state index contributed by atoms with van der Waals surface area (Å²) in [5.74, 6) is 1.62. The van der Waals surface area contributed by atoms with E-state index in [1.54, 1.807) is 12.4 Å². The molecule has 132 valence electrons. The summed E-state index contributed by atoms with van der Waals surface area (Å²) < 4.78 is 0. The molecule has 0 unspecified atom stereocenters. The molecule has 3 rings (SSSR count). The van der Waals surface area contributed by atoms with E-state index in [9.17, 15) is 4.79 Å². The maximum Gasteiger partial charge on any atom is 0.227 e. The van der Waals surface area contributed by atoms with E-state index in [2.05, 4.69) is 25.1 Å². The highest BCUT2D eigenvalue weighted by Gasteiger charge is 2.22. The molecule has 0 bridgehead atoms. The number of amides is 1. The molecule has 25 heavy (non-hydrogen) atoms. The molecular formula is C17H23N7O. The fraction of sp³-hybridized carbons (Fsp3) is 0.471. The van der Waals surface area contributed by atoms with Gasteiger partial charge in [-0.2, -0.15) is 5.10 Å². The quantitative estimate of drug-likeness (QED) is 0.803. The second-order valence-electron chi connectivity index (χ2n) is 6.36. The van der Waals surface area contributed by atoms with Crippen LogP contribution in [0.1, 0.15) is 11.3 Å². The third-order valence-corrected chi connectivity index (χ3v) is 4.19. The van der Waals surface area contributed by atoms with Crippen LogP contribution in [0.25, 0.3) is 0 Å². The predicted octanol–water partition coefficient (Wildman–Crippen LogP) is 0.532. The van der Waals surface area contributed by atoms with Crippen molar-refractivity contribution in [2.45, 2.75) is 13.3 Å². The minimum atomic E-state index is 0.107. The van der Waals surface area contributed by atoms with Gasteiger partial charge in [0.25, 0.3) is 0 Å². The monoisotopic (exact) mass is 341 g/mol. The number of rotatable bonds is 4. The Morgan fingerprint density at radius 2 is 1.76 bits per heavy atom. The zero-order valence-corrected chi connectivity index (χ0v) is 14.9. The van der Waals surface area contributed by atoms with Gasteiger partial charge in [0, 0.05) is 52.7 Å². The molecule has 0 aromatic carbocycles. The average Bonchev–Trinajstić information content (AvgIpc) is 2.63. The SMILES string of the molecule is Cc1ccc(N2CCN(C(=O)Cc3cnc(N(C)C)nc3)CC2)nn1. The van der Waals surface area contributed by atoms with Crippen LogP contribution >= 0.6 is 0 Å². The first kappa shape index (κ1) is 17.1. The van der Waals surface area contributed by atoms with Gasteiger partial charge in [-0.3, -0.25) is 4.79 Å². The molecular weight excluding hydrogens is 318 g/mol. The molecule has 1 saturated heterocycles. The maximum absolute atomic E-state index is 12.5. The van der Waals surface area contributed by atoms with Crippen LogP contribution in [0.2, 0.25) is 0 Å². The van der Waals surface area contributed by atoms with E-state index >= 15 is 0 Å². The van der Waals surface area contributed by atoms with Crippen molar-refractivity contribution in [3.8, 4) is 0 Å². The minimum absolute atomic E-state index is 0.107. The van der Waals surface area contributed by atoms with E-state index in [1.165, 1.54) is 0 Å². The standard InChI is InChI=1S/C17H23N7O/c1-13-4-5-15(21-20-13)23-6-8-24(9-7-23)16(25)10-14-11-18-17(19-12-14)22(2)3/h4-5,11-12H,6-10H2,1-3H3. The first-order chi connectivity index (χ1) is 12.0. The highest BCUT2D eigenvalue weighted by molar-refractivity contribution is 5.79. The predicted molar refractivity (Wildman–Crippen MR) is 95.6 cm³/mol. The molecule has 0 N–H and O–H groups in total. The van der Waals surface area contributed by atoms with Crippen molar-refractivity contribution < 1.29 is 4.79 Å². The fourth-order valence-electron chi connectivity index (χ4n) is 2.70. The van der Waals surface area contributed by atoms with E-state index < -0.39 is 0 Å². The Balaban J connectivity index is 1.53. The number of nitrogens with zero attached hydrogens (tertiary/aromatic N) is 7. The van der Waals surface area contributed by atoms with Crippen molar-refractivity contribution in [2.24, 2.45) is 0 Å². The zero-order chi connectivity index (χ0) is 17.8. The number of hydrogen-bond acceptors (Lipinski definition) is 7. The summed E-state index contributed by atoms with van der Waals surface area (Å²) in [5.41, 5.74) is 1.74. The summed E-state index contributed by atoms with van der Waals surface area (Å²) in [4.78, 5) is 26.9. The van der Waals surface area contributed by atoms with Crippen LogP contribution in [0.15, 0.2) is 24.5 Å². The number of carbonyl (C=O) groups is 1. The molecule has 1 fully saturated rings. The number of aryl methyl sites for hydroxylation is 1. The van der Waals surface area contributed by atoms with Gasteiger partial charge in [-0.15, -0.1) is 5.10 Å². The van der Waals surface area contributed by atoms with Gasteiger partial charge in [-0.05, 0) is 24.6 Å². The first-order valence-corrected chi connectivity index (χ1v) is 8.34. The lowest BCUT2D eigenvalue weighted by atomic mass is 10.2. The number of anilines is 2. The zero-order valence-electron chi connectivity index (χ0n) is 14.9. The van der Waals surface area contributed by atoms with Gasteiger partial charge in [0.2, 0.25) is 11.9 Å². The van der Waals surface area contributed by atoms with Crippen LogP contribution in [0, 0.1) is 6.92 Å². The second kappa shape index (κ2) is 7.42. The van der Waals surface area contributed by atoms with Crippen LogP contribution < -0.4 is 9.80 Å². The summed E-state index contributed by atoms with van der Waals surface area (Å²) in [5, 5.41) is 8.31. The topological polar surface area (TPSA) is 78.4 Å². The molecule has 2 aromatic heterocycles. The Labute approximate surface area is 147 Å². The van der Waals surface area contributed by atoms with Crippen molar-refractivity contribution in [3.63, 3.8) is 0 Å². The van der Waals surface area contributed by atoms with Crippen LogP contribution in [0.5, 0.6) is 0 Å². The Morgan fingerprint density at radius 3 is 2.32 bits per heavy atom. The third kappa shape index (κ3) is 4.20. The van der Waals surface area contributed by atoms with Crippen molar-refractivity contribution in [1.29, 1.82) is 0 Å². The van der Waals surface area contributed by atoms with Gasteiger partial charge in [0.05, 0.1) is 12.1 Å². The molecule has 1 aliphatic heterocycles. The molecule has 3 heterocycles. The Kier molecular flexibility index (Phi) is 5.06. The Morgan fingerprint density at radius 1 is 1.08 bits per heavy atom. The normalized spacial score (nSPS) is 14.5. The summed E-state index contributed by atoms with van der Waals surface area (Å²) in [6, 6.07) is 3.93. The lowest BCUT2D eigenvalue weighted by Crippen LogP contribution is -2.49. The number of piperazine rings is 1. The lowest BCUT2D eigenvalue weighted by Gasteiger charge is -2.35. The number of carbonyl (C=O) groups excluding carboxylic acids is 1. The number of hydrogen-bond donors (Lipinski definition) is 0. The van der Waals surface area contributed by atoms with Crippen LogP contribution in [0.3, 0.4) is 0 Å². The van der Waals surface area contributed by atoms with Crippen LogP contribution in [0.4, 0.5) is 11.8 Å².